The van der Waals surface area contributed by atoms with Crippen LogP contribution in [0, 0.1) is 0 Å². The number of nitrogens with zero attached hydrogens (tertiary/aromatic N) is 2. The van der Waals surface area contributed by atoms with Gasteiger partial charge in [0, 0.05) is 11.1 Å². The maximum Gasteiger partial charge on any atom is 0.263 e. The van der Waals surface area contributed by atoms with Gasteiger partial charge in [-0.15, -0.1) is 16.4 Å². The Morgan fingerprint density at radius 3 is 2.23 bits per heavy atom. The average molecular weight is 381 g/mol. The standard InChI is InChI=1S/C19H15N3O2S2/c23-26(24,16-10-5-2-6-11-16)21-19-17(18-12-7-13-25-18)14-22(20-19)15-8-3-1-4-9-15/h1-14H,(H,20,21). The van der Waals surface area contributed by atoms with E-state index in [0.29, 0.717) is 5.82 Å². The third-order valence-electron chi connectivity index (χ3n) is 3.81. The Labute approximate surface area is 155 Å². The first kappa shape index (κ1) is 16.6. The zero-order valence-electron chi connectivity index (χ0n) is 13.6. The molecular formula is C19H15N3O2S2. The molecule has 2 heterocycles. The van der Waals surface area contributed by atoms with Crippen LogP contribution in [0.5, 0.6) is 0 Å². The second-order valence-corrected chi connectivity index (χ2v) is 8.20. The predicted octanol–water partition coefficient (Wildman–Crippen LogP) is 4.40. The summed E-state index contributed by atoms with van der Waals surface area (Å²) < 4.78 is 29.7. The largest absolute Gasteiger partial charge is 0.263 e. The third-order valence-corrected chi connectivity index (χ3v) is 6.06. The molecular weight excluding hydrogens is 366 g/mol. The summed E-state index contributed by atoms with van der Waals surface area (Å²) in [5.41, 5.74) is 1.60. The highest BCUT2D eigenvalue weighted by Gasteiger charge is 2.20. The van der Waals surface area contributed by atoms with Gasteiger partial charge in [0.05, 0.1) is 16.1 Å². The van der Waals surface area contributed by atoms with Crippen molar-refractivity contribution in [2.45, 2.75) is 4.90 Å². The van der Waals surface area contributed by atoms with Crippen LogP contribution in [0.1, 0.15) is 0 Å². The van der Waals surface area contributed by atoms with Crippen LogP contribution in [-0.4, -0.2) is 18.2 Å². The molecule has 0 bridgehead atoms. The first-order valence-electron chi connectivity index (χ1n) is 7.90. The van der Waals surface area contributed by atoms with Gasteiger partial charge in [0.1, 0.15) is 0 Å². The maximum atomic E-state index is 12.7. The molecule has 4 rings (SSSR count). The van der Waals surface area contributed by atoms with Crippen LogP contribution < -0.4 is 4.72 Å². The van der Waals surface area contributed by atoms with Crippen LogP contribution in [0.4, 0.5) is 5.82 Å². The van der Waals surface area contributed by atoms with Gasteiger partial charge in [0.2, 0.25) is 0 Å². The number of hydrogen-bond acceptors (Lipinski definition) is 4. The number of thiophene rings is 1. The molecule has 0 aliphatic rings. The lowest BCUT2D eigenvalue weighted by atomic mass is 10.3. The summed E-state index contributed by atoms with van der Waals surface area (Å²) in [4.78, 5) is 1.14. The van der Waals surface area contributed by atoms with Crippen molar-refractivity contribution in [3.05, 3.63) is 84.4 Å². The van der Waals surface area contributed by atoms with Gasteiger partial charge in [-0.05, 0) is 35.7 Å². The molecule has 2 aromatic carbocycles. The Morgan fingerprint density at radius 1 is 0.885 bits per heavy atom. The van der Waals surface area contributed by atoms with Crippen LogP contribution in [0.2, 0.25) is 0 Å². The number of hydrogen-bond donors (Lipinski definition) is 1. The molecule has 0 saturated heterocycles. The first-order valence-corrected chi connectivity index (χ1v) is 10.3. The van der Waals surface area contributed by atoms with Gasteiger partial charge in [-0.1, -0.05) is 42.5 Å². The zero-order valence-corrected chi connectivity index (χ0v) is 15.2. The fourth-order valence-electron chi connectivity index (χ4n) is 2.56. The van der Waals surface area contributed by atoms with E-state index in [0.717, 1.165) is 16.1 Å². The molecule has 2 aromatic heterocycles. The molecule has 1 N–H and O–H groups in total. The van der Waals surface area contributed by atoms with E-state index >= 15 is 0 Å². The van der Waals surface area contributed by atoms with Crippen molar-refractivity contribution in [3.8, 4) is 16.1 Å². The average Bonchev–Trinajstić information content (AvgIpc) is 3.32. The normalized spacial score (nSPS) is 11.4. The molecule has 0 aliphatic heterocycles. The van der Waals surface area contributed by atoms with E-state index < -0.39 is 10.0 Å². The highest BCUT2D eigenvalue weighted by molar-refractivity contribution is 7.92. The minimum atomic E-state index is -3.72. The smallest absolute Gasteiger partial charge is 0.261 e. The number of aromatic nitrogens is 2. The number of sulfonamides is 1. The van der Waals surface area contributed by atoms with E-state index in [9.17, 15) is 8.42 Å². The molecule has 0 unspecified atom stereocenters. The molecule has 4 aromatic rings. The number of nitrogens with one attached hydrogen (secondary N) is 1. The highest BCUT2D eigenvalue weighted by atomic mass is 32.2. The van der Waals surface area contributed by atoms with Gasteiger partial charge in [0.25, 0.3) is 10.0 Å². The Balaban J connectivity index is 1.79. The van der Waals surface area contributed by atoms with Crippen molar-refractivity contribution in [3.63, 3.8) is 0 Å². The molecule has 5 nitrogen and oxygen atoms in total. The number of rotatable bonds is 5. The van der Waals surface area contributed by atoms with E-state index in [1.807, 2.05) is 54.0 Å². The minimum absolute atomic E-state index is 0.200. The van der Waals surface area contributed by atoms with Gasteiger partial charge < -0.3 is 0 Å². The molecule has 26 heavy (non-hydrogen) atoms. The summed E-state index contributed by atoms with van der Waals surface area (Å²) in [7, 11) is -3.72. The lowest BCUT2D eigenvalue weighted by Crippen LogP contribution is -2.14. The molecule has 130 valence electrons. The van der Waals surface area contributed by atoms with Crippen molar-refractivity contribution in [2.24, 2.45) is 0 Å². The summed E-state index contributed by atoms with van der Waals surface area (Å²) in [6.07, 6.45) is 1.84. The molecule has 0 atom stereocenters. The third kappa shape index (κ3) is 3.26. The van der Waals surface area contributed by atoms with E-state index in [-0.39, 0.29) is 4.90 Å². The minimum Gasteiger partial charge on any atom is -0.261 e. The van der Waals surface area contributed by atoms with Crippen LogP contribution in [0.25, 0.3) is 16.1 Å². The Morgan fingerprint density at radius 2 is 1.58 bits per heavy atom. The second-order valence-electron chi connectivity index (χ2n) is 5.57. The van der Waals surface area contributed by atoms with Gasteiger partial charge >= 0.3 is 0 Å². The summed E-state index contributed by atoms with van der Waals surface area (Å²) >= 11 is 1.53. The summed E-state index contributed by atoms with van der Waals surface area (Å²) in [6.45, 7) is 0. The molecule has 0 aliphatic carbocycles. The molecule has 0 saturated carbocycles. The van der Waals surface area contributed by atoms with Gasteiger partial charge in [-0.3, -0.25) is 4.72 Å². The van der Waals surface area contributed by atoms with Gasteiger partial charge in [-0.2, -0.15) is 0 Å². The van der Waals surface area contributed by atoms with Crippen molar-refractivity contribution in [2.75, 3.05) is 4.72 Å². The zero-order chi connectivity index (χ0) is 18.0. The first-order chi connectivity index (χ1) is 12.6. The van der Waals surface area contributed by atoms with Crippen LogP contribution in [0.15, 0.2) is 89.3 Å². The summed E-state index contributed by atoms with van der Waals surface area (Å²) in [6, 6.07) is 21.7. The molecule has 0 fully saturated rings. The summed E-state index contributed by atoms with van der Waals surface area (Å²) in [5, 5.41) is 6.43. The van der Waals surface area contributed by atoms with Crippen molar-refractivity contribution in [1.29, 1.82) is 0 Å². The fourth-order valence-corrected chi connectivity index (χ4v) is 4.34. The Kier molecular flexibility index (Phi) is 4.32. The lowest BCUT2D eigenvalue weighted by molar-refractivity contribution is 0.601. The van der Waals surface area contributed by atoms with Crippen molar-refractivity contribution in [1.82, 2.24) is 9.78 Å². The Hall–Kier alpha value is -2.90. The van der Waals surface area contributed by atoms with E-state index in [1.165, 1.54) is 11.3 Å². The van der Waals surface area contributed by atoms with E-state index in [1.54, 1.807) is 35.0 Å². The van der Waals surface area contributed by atoms with Gasteiger partial charge in [-0.25, -0.2) is 13.1 Å². The summed E-state index contributed by atoms with van der Waals surface area (Å²) in [5.74, 6) is 0.306. The number of anilines is 1. The number of benzene rings is 2. The van der Waals surface area contributed by atoms with E-state index in [2.05, 4.69) is 9.82 Å². The molecule has 0 radical (unpaired) electrons. The second kappa shape index (κ2) is 6.78. The van der Waals surface area contributed by atoms with Crippen molar-refractivity contribution >= 4 is 27.2 Å². The molecule has 0 amide bonds. The molecule has 0 spiro atoms. The van der Waals surface area contributed by atoms with Crippen LogP contribution in [-0.2, 0) is 10.0 Å². The van der Waals surface area contributed by atoms with E-state index in [4.69, 9.17) is 0 Å². The number of para-hydroxylation sites is 1. The van der Waals surface area contributed by atoms with Crippen LogP contribution >= 0.6 is 11.3 Å². The topological polar surface area (TPSA) is 64.0 Å². The monoisotopic (exact) mass is 381 g/mol. The maximum absolute atomic E-state index is 12.7. The SMILES string of the molecule is O=S(=O)(Nc1nn(-c2ccccc2)cc1-c1cccs1)c1ccccc1. The lowest BCUT2D eigenvalue weighted by Gasteiger charge is -2.07. The fraction of sp³-hybridized carbons (Fsp3) is 0. The highest BCUT2D eigenvalue weighted by Crippen LogP contribution is 2.33. The van der Waals surface area contributed by atoms with Crippen LogP contribution in [0.3, 0.4) is 0 Å². The Bertz CT molecular complexity index is 1100. The molecule has 7 heteroatoms. The van der Waals surface area contributed by atoms with Crippen molar-refractivity contribution < 1.29 is 8.42 Å². The quantitative estimate of drug-likeness (QED) is 0.557. The predicted molar refractivity (Wildman–Crippen MR) is 104 cm³/mol. The van der Waals surface area contributed by atoms with Gasteiger partial charge in [0.15, 0.2) is 5.82 Å².